The number of ether oxygens (including phenoxy) is 1. The summed E-state index contributed by atoms with van der Waals surface area (Å²) in [5.41, 5.74) is 2.77. The van der Waals surface area contributed by atoms with Gasteiger partial charge < -0.3 is 14.9 Å². The number of phenols is 2. The zero-order valence-electron chi connectivity index (χ0n) is 19.6. The van der Waals surface area contributed by atoms with Crippen molar-refractivity contribution in [3.63, 3.8) is 0 Å². The lowest BCUT2D eigenvalue weighted by Gasteiger charge is -2.28. The molecule has 31 heavy (non-hydrogen) atoms. The molecule has 0 saturated carbocycles. The van der Waals surface area contributed by atoms with Gasteiger partial charge in [0, 0.05) is 10.6 Å². The monoisotopic (exact) mass is 444 g/mol. The van der Waals surface area contributed by atoms with E-state index in [0.29, 0.717) is 24.5 Å². The maximum atomic E-state index is 12.0. The fraction of sp³-hybridized carbons (Fsp3) is 0.500. The number of phenolic OH excluding ortho intramolecular Hbond substituents is 2. The Morgan fingerprint density at radius 1 is 0.935 bits per heavy atom. The van der Waals surface area contributed by atoms with Crippen LogP contribution in [0.1, 0.15) is 71.1 Å². The first-order valence-electron chi connectivity index (χ1n) is 10.8. The van der Waals surface area contributed by atoms with E-state index in [-0.39, 0.29) is 22.5 Å². The number of carbonyl (C=O) groups is 1. The molecule has 0 unspecified atom stereocenters. The van der Waals surface area contributed by atoms with Crippen molar-refractivity contribution < 1.29 is 19.7 Å². The van der Waals surface area contributed by atoms with Gasteiger partial charge in [0.2, 0.25) is 0 Å². The Kier molecular flexibility index (Phi) is 8.47. The van der Waals surface area contributed by atoms with Gasteiger partial charge in [-0.3, -0.25) is 4.79 Å². The van der Waals surface area contributed by atoms with Crippen LogP contribution in [-0.2, 0) is 26.8 Å². The number of esters is 1. The molecule has 0 aliphatic carbocycles. The highest BCUT2D eigenvalue weighted by Gasteiger charge is 2.26. The smallest absolute Gasteiger partial charge is 0.306 e. The lowest BCUT2D eigenvalue weighted by atomic mass is 9.78. The molecule has 0 aliphatic heterocycles. The topological polar surface area (TPSA) is 66.8 Å². The second kappa shape index (κ2) is 10.4. The fourth-order valence-electron chi connectivity index (χ4n) is 3.31. The zero-order chi connectivity index (χ0) is 23.2. The van der Waals surface area contributed by atoms with Gasteiger partial charge >= 0.3 is 5.97 Å². The van der Waals surface area contributed by atoms with Crippen molar-refractivity contribution >= 4 is 17.7 Å². The van der Waals surface area contributed by atoms with Crippen LogP contribution in [0.25, 0.3) is 0 Å². The van der Waals surface area contributed by atoms with Crippen LogP contribution >= 0.6 is 11.8 Å². The first-order chi connectivity index (χ1) is 14.4. The minimum absolute atomic E-state index is 0.151. The molecule has 4 nitrogen and oxygen atoms in total. The van der Waals surface area contributed by atoms with E-state index < -0.39 is 0 Å². The van der Waals surface area contributed by atoms with E-state index in [1.165, 1.54) is 0 Å². The average molecular weight is 445 g/mol. The Bertz CT molecular complexity index is 839. The van der Waals surface area contributed by atoms with E-state index in [1.54, 1.807) is 23.9 Å². The Morgan fingerprint density at radius 3 is 2.00 bits per heavy atom. The first kappa shape index (κ1) is 25.1. The van der Waals surface area contributed by atoms with Crippen molar-refractivity contribution in [1.82, 2.24) is 0 Å². The normalized spacial score (nSPS) is 12.1. The van der Waals surface area contributed by atoms with Crippen molar-refractivity contribution in [2.75, 3.05) is 12.4 Å². The summed E-state index contributed by atoms with van der Waals surface area (Å²) in [7, 11) is 0. The number of carbonyl (C=O) groups excluding carboxylic acids is 1. The number of aromatic hydroxyl groups is 2. The van der Waals surface area contributed by atoms with Gasteiger partial charge in [-0.15, -0.1) is 11.8 Å². The maximum absolute atomic E-state index is 12.0. The lowest BCUT2D eigenvalue weighted by molar-refractivity contribution is -0.143. The van der Waals surface area contributed by atoms with E-state index in [0.717, 1.165) is 34.4 Å². The van der Waals surface area contributed by atoms with Gasteiger partial charge in [-0.1, -0.05) is 53.7 Å². The largest absolute Gasteiger partial charge is 0.508 e. The quantitative estimate of drug-likeness (QED) is 0.282. The summed E-state index contributed by atoms with van der Waals surface area (Å²) in [6.07, 6.45) is 1.89. The molecule has 2 aromatic carbocycles. The third-order valence-corrected chi connectivity index (χ3v) is 6.08. The van der Waals surface area contributed by atoms with Crippen LogP contribution in [0.15, 0.2) is 41.3 Å². The molecule has 0 spiro atoms. The van der Waals surface area contributed by atoms with E-state index in [2.05, 4.69) is 53.7 Å². The van der Waals surface area contributed by atoms with E-state index in [4.69, 9.17) is 4.74 Å². The summed E-state index contributed by atoms with van der Waals surface area (Å²) in [6, 6.07) is 11.1. The Morgan fingerprint density at radius 2 is 1.48 bits per heavy atom. The summed E-state index contributed by atoms with van der Waals surface area (Å²) in [6.45, 7) is 13.0. The third-order valence-electron chi connectivity index (χ3n) is 5.07. The summed E-state index contributed by atoms with van der Waals surface area (Å²) >= 11 is 1.57. The summed E-state index contributed by atoms with van der Waals surface area (Å²) < 4.78 is 5.40. The van der Waals surface area contributed by atoms with Gasteiger partial charge in [0.25, 0.3) is 0 Å². The molecular weight excluding hydrogens is 408 g/mol. The van der Waals surface area contributed by atoms with Crippen LogP contribution in [0.2, 0.25) is 0 Å². The predicted molar refractivity (Wildman–Crippen MR) is 128 cm³/mol. The summed E-state index contributed by atoms with van der Waals surface area (Å²) in [5.74, 6) is 1.08. The molecule has 2 rings (SSSR count). The van der Waals surface area contributed by atoms with Crippen molar-refractivity contribution in [1.29, 1.82) is 0 Å². The maximum Gasteiger partial charge on any atom is 0.306 e. The highest BCUT2D eigenvalue weighted by molar-refractivity contribution is 7.99. The van der Waals surface area contributed by atoms with Gasteiger partial charge in [-0.05, 0) is 64.6 Å². The van der Waals surface area contributed by atoms with E-state index in [1.807, 2.05) is 12.1 Å². The van der Waals surface area contributed by atoms with Crippen molar-refractivity contribution in [3.05, 3.63) is 53.1 Å². The molecule has 0 aromatic heterocycles. The molecule has 0 saturated heterocycles. The number of benzene rings is 2. The molecule has 0 amide bonds. The SMILES string of the molecule is CC(C)(C)c1cc(CCCOC(=O)CCSc2ccc(O)cc2)cc(C(C)(C)C)c1O. The molecule has 0 fully saturated rings. The van der Waals surface area contributed by atoms with Gasteiger partial charge in [-0.2, -0.15) is 0 Å². The molecule has 0 heterocycles. The number of rotatable bonds is 8. The zero-order valence-corrected chi connectivity index (χ0v) is 20.4. The predicted octanol–water partition coefficient (Wildman–Crippen LogP) is 6.35. The number of hydrogen-bond acceptors (Lipinski definition) is 5. The minimum Gasteiger partial charge on any atom is -0.508 e. The number of aryl methyl sites for hydroxylation is 1. The molecule has 2 N–H and O–H groups in total. The van der Waals surface area contributed by atoms with Crippen LogP contribution < -0.4 is 0 Å². The summed E-state index contributed by atoms with van der Waals surface area (Å²) in [5, 5.41) is 20.1. The molecule has 0 aliphatic rings. The molecule has 0 bridgehead atoms. The number of thioether (sulfide) groups is 1. The van der Waals surface area contributed by atoms with Crippen LogP contribution in [0.5, 0.6) is 11.5 Å². The van der Waals surface area contributed by atoms with Crippen LogP contribution in [0.4, 0.5) is 0 Å². The molecule has 2 aromatic rings. The standard InChI is InChI=1S/C26H36O4S/c1-25(2,3)21-16-18(17-22(24(21)29)26(4,5)6)8-7-14-30-23(28)13-15-31-20-11-9-19(27)10-12-20/h9-12,16-17,27,29H,7-8,13-15H2,1-6H3. The third kappa shape index (κ3) is 7.80. The lowest BCUT2D eigenvalue weighted by Crippen LogP contribution is -2.18. The van der Waals surface area contributed by atoms with Crippen LogP contribution in [0.3, 0.4) is 0 Å². The van der Waals surface area contributed by atoms with Gasteiger partial charge in [-0.25, -0.2) is 0 Å². The van der Waals surface area contributed by atoms with Crippen molar-refractivity contribution in [3.8, 4) is 11.5 Å². The van der Waals surface area contributed by atoms with Crippen LogP contribution in [0, 0.1) is 0 Å². The van der Waals surface area contributed by atoms with E-state index >= 15 is 0 Å². The number of hydrogen-bond donors (Lipinski definition) is 2. The molecule has 0 atom stereocenters. The minimum atomic E-state index is -0.192. The second-order valence-electron chi connectivity index (χ2n) is 9.96. The molecular formula is C26H36O4S. The van der Waals surface area contributed by atoms with Crippen LogP contribution in [-0.4, -0.2) is 28.5 Å². The Balaban J connectivity index is 1.86. The molecule has 170 valence electrons. The van der Waals surface area contributed by atoms with E-state index in [9.17, 15) is 15.0 Å². The Hall–Kier alpha value is -2.14. The van der Waals surface area contributed by atoms with Gasteiger partial charge in [0.15, 0.2) is 0 Å². The highest BCUT2D eigenvalue weighted by Crippen LogP contribution is 2.40. The summed E-state index contributed by atoms with van der Waals surface area (Å²) in [4.78, 5) is 13.0. The Labute approximate surface area is 191 Å². The first-order valence-corrected chi connectivity index (χ1v) is 11.8. The van der Waals surface area contributed by atoms with Crippen molar-refractivity contribution in [2.24, 2.45) is 0 Å². The molecule has 5 heteroatoms. The van der Waals surface area contributed by atoms with Gasteiger partial charge in [0.05, 0.1) is 13.0 Å². The van der Waals surface area contributed by atoms with Gasteiger partial charge in [0.1, 0.15) is 11.5 Å². The van der Waals surface area contributed by atoms with Crippen molar-refractivity contribution in [2.45, 2.75) is 76.5 Å². The highest BCUT2D eigenvalue weighted by atomic mass is 32.2. The second-order valence-corrected chi connectivity index (χ2v) is 11.1. The average Bonchev–Trinajstić information content (AvgIpc) is 2.66. The molecule has 0 radical (unpaired) electrons. The fourth-order valence-corrected chi connectivity index (χ4v) is 4.14.